The van der Waals surface area contributed by atoms with Crippen LogP contribution in [0.4, 0.5) is 4.39 Å². The van der Waals surface area contributed by atoms with E-state index < -0.39 is 5.82 Å². The van der Waals surface area contributed by atoms with Crippen LogP contribution in [0.15, 0.2) is 48.5 Å². The second kappa shape index (κ2) is 10.2. The number of piperidine rings is 1. The molecule has 178 valence electrons. The van der Waals surface area contributed by atoms with Crippen LogP contribution in [0, 0.1) is 5.82 Å². The predicted octanol–water partition coefficient (Wildman–Crippen LogP) is 5.54. The molecular weight excluding hydrogens is 421 g/mol. The highest BCUT2D eigenvalue weighted by molar-refractivity contribution is 5.94. The van der Waals surface area contributed by atoms with E-state index in [-0.39, 0.29) is 35.6 Å². The van der Waals surface area contributed by atoms with Crippen molar-refractivity contribution in [1.29, 1.82) is 0 Å². The fraction of sp³-hybridized carbons (Fsp3) is 0.519. The molecule has 1 spiro atoms. The fourth-order valence-electron chi connectivity index (χ4n) is 4.97. The van der Waals surface area contributed by atoms with E-state index in [0.29, 0.717) is 25.3 Å². The first kappa shape index (κ1) is 23.7. The summed E-state index contributed by atoms with van der Waals surface area (Å²) in [5, 5.41) is 0. The Morgan fingerprint density at radius 1 is 1.18 bits per heavy atom. The average molecular weight is 456 g/mol. The van der Waals surface area contributed by atoms with Gasteiger partial charge in [0, 0.05) is 38.1 Å². The standard InChI is InChI=1S/C27H34FNO4/c1-4-31-22-17-25(20-8-6-5-7-9-20)33-27(18-22)12-14-29(15-13-27)26(30)21-10-11-24(23(28)16-21)32-19(2)3/h5-11,16,19,22,25H,4,12-15,17-18H2,1-3H3/t22-,25+/m0/s1. The van der Waals surface area contributed by atoms with Crippen LogP contribution in [-0.2, 0) is 9.47 Å². The summed E-state index contributed by atoms with van der Waals surface area (Å²) in [4.78, 5) is 14.9. The first-order valence-electron chi connectivity index (χ1n) is 12.0. The van der Waals surface area contributed by atoms with Gasteiger partial charge < -0.3 is 19.1 Å². The van der Waals surface area contributed by atoms with Crippen LogP contribution >= 0.6 is 0 Å². The van der Waals surface area contributed by atoms with Crippen molar-refractivity contribution >= 4 is 5.91 Å². The summed E-state index contributed by atoms with van der Waals surface area (Å²) in [5.41, 5.74) is 1.20. The Bertz CT molecular complexity index is 940. The molecular formula is C27H34FNO4. The van der Waals surface area contributed by atoms with Crippen LogP contribution in [0.2, 0.25) is 0 Å². The van der Waals surface area contributed by atoms with Gasteiger partial charge in [0.2, 0.25) is 0 Å². The summed E-state index contributed by atoms with van der Waals surface area (Å²) in [6, 6.07) is 14.7. The molecule has 0 N–H and O–H groups in total. The lowest BCUT2D eigenvalue weighted by Crippen LogP contribution is -2.52. The molecule has 0 aromatic heterocycles. The van der Waals surface area contributed by atoms with Crippen LogP contribution < -0.4 is 4.74 Å². The van der Waals surface area contributed by atoms with Crippen LogP contribution in [0.3, 0.4) is 0 Å². The van der Waals surface area contributed by atoms with E-state index in [0.717, 1.165) is 25.7 Å². The van der Waals surface area contributed by atoms with E-state index in [2.05, 4.69) is 12.1 Å². The van der Waals surface area contributed by atoms with Crippen LogP contribution in [0.5, 0.6) is 5.75 Å². The van der Waals surface area contributed by atoms with Crippen LogP contribution in [-0.4, -0.2) is 48.3 Å². The minimum Gasteiger partial charge on any atom is -0.488 e. The third-order valence-corrected chi connectivity index (χ3v) is 6.55. The molecule has 0 unspecified atom stereocenters. The molecule has 2 saturated heterocycles. The van der Waals surface area contributed by atoms with Crippen molar-refractivity contribution in [1.82, 2.24) is 4.90 Å². The molecule has 5 nitrogen and oxygen atoms in total. The number of carbonyl (C=O) groups excluding carboxylic acids is 1. The van der Waals surface area contributed by atoms with Gasteiger partial charge in [-0.25, -0.2) is 4.39 Å². The quantitative estimate of drug-likeness (QED) is 0.573. The average Bonchev–Trinajstić information content (AvgIpc) is 2.81. The van der Waals surface area contributed by atoms with E-state index >= 15 is 0 Å². The molecule has 2 aliphatic heterocycles. The number of likely N-dealkylation sites (tertiary alicyclic amines) is 1. The Morgan fingerprint density at radius 3 is 2.55 bits per heavy atom. The number of amides is 1. The number of hydrogen-bond donors (Lipinski definition) is 0. The maximum Gasteiger partial charge on any atom is 0.253 e. The number of halogens is 1. The topological polar surface area (TPSA) is 48.0 Å². The van der Waals surface area contributed by atoms with Gasteiger partial charge in [-0.3, -0.25) is 4.79 Å². The lowest BCUT2D eigenvalue weighted by Gasteiger charge is -2.48. The van der Waals surface area contributed by atoms with E-state index in [4.69, 9.17) is 14.2 Å². The molecule has 2 heterocycles. The molecule has 0 aliphatic carbocycles. The zero-order chi connectivity index (χ0) is 23.4. The maximum atomic E-state index is 14.4. The molecule has 2 atom stereocenters. The first-order chi connectivity index (χ1) is 15.9. The van der Waals surface area contributed by atoms with Crippen molar-refractivity contribution in [2.24, 2.45) is 0 Å². The van der Waals surface area contributed by atoms with Gasteiger partial charge in [0.25, 0.3) is 5.91 Å². The van der Waals surface area contributed by atoms with E-state index in [1.54, 1.807) is 11.0 Å². The van der Waals surface area contributed by atoms with Crippen molar-refractivity contribution in [2.45, 2.75) is 70.4 Å². The number of rotatable bonds is 6. The number of benzene rings is 2. The third-order valence-electron chi connectivity index (χ3n) is 6.55. The van der Waals surface area contributed by atoms with Gasteiger partial charge in [-0.1, -0.05) is 30.3 Å². The van der Waals surface area contributed by atoms with Gasteiger partial charge in [-0.2, -0.15) is 0 Å². The lowest BCUT2D eigenvalue weighted by molar-refractivity contribution is -0.190. The van der Waals surface area contributed by atoms with Crippen LogP contribution in [0.25, 0.3) is 0 Å². The van der Waals surface area contributed by atoms with Crippen molar-refractivity contribution in [2.75, 3.05) is 19.7 Å². The largest absolute Gasteiger partial charge is 0.488 e. The Labute approximate surface area is 195 Å². The Morgan fingerprint density at radius 2 is 1.91 bits per heavy atom. The number of hydrogen-bond acceptors (Lipinski definition) is 4. The predicted molar refractivity (Wildman–Crippen MR) is 125 cm³/mol. The van der Waals surface area contributed by atoms with Gasteiger partial charge in [-0.15, -0.1) is 0 Å². The van der Waals surface area contributed by atoms with E-state index in [1.807, 2.05) is 39.0 Å². The number of carbonyl (C=O) groups is 1. The molecule has 0 saturated carbocycles. The van der Waals surface area contributed by atoms with Gasteiger partial charge >= 0.3 is 0 Å². The first-order valence-corrected chi connectivity index (χ1v) is 12.0. The minimum atomic E-state index is -0.510. The highest BCUT2D eigenvalue weighted by atomic mass is 19.1. The smallest absolute Gasteiger partial charge is 0.253 e. The maximum absolute atomic E-state index is 14.4. The third kappa shape index (κ3) is 5.56. The molecule has 0 bridgehead atoms. The van der Waals surface area contributed by atoms with Crippen molar-refractivity contribution < 1.29 is 23.4 Å². The molecule has 2 aromatic carbocycles. The summed E-state index contributed by atoms with van der Waals surface area (Å²) >= 11 is 0. The fourth-order valence-corrected chi connectivity index (χ4v) is 4.97. The van der Waals surface area contributed by atoms with Crippen molar-refractivity contribution in [3.05, 3.63) is 65.5 Å². The van der Waals surface area contributed by atoms with Crippen LogP contribution in [0.1, 0.15) is 68.5 Å². The zero-order valence-electron chi connectivity index (χ0n) is 19.8. The van der Waals surface area contributed by atoms with Crippen molar-refractivity contribution in [3.8, 4) is 5.75 Å². The van der Waals surface area contributed by atoms with E-state index in [9.17, 15) is 9.18 Å². The summed E-state index contributed by atoms with van der Waals surface area (Å²) in [6.07, 6.45) is 3.15. The monoisotopic (exact) mass is 455 g/mol. The summed E-state index contributed by atoms with van der Waals surface area (Å²) < 4.78 is 32.6. The lowest BCUT2D eigenvalue weighted by atomic mass is 9.80. The Kier molecular flexibility index (Phi) is 7.35. The Hall–Kier alpha value is -2.44. The number of nitrogens with zero attached hydrogens (tertiary/aromatic N) is 1. The molecule has 2 fully saturated rings. The molecule has 0 radical (unpaired) electrons. The van der Waals surface area contributed by atoms with E-state index in [1.165, 1.54) is 17.7 Å². The van der Waals surface area contributed by atoms with Gasteiger partial charge in [0.15, 0.2) is 11.6 Å². The molecule has 4 rings (SSSR count). The van der Waals surface area contributed by atoms with Gasteiger partial charge in [0.1, 0.15) is 0 Å². The van der Waals surface area contributed by atoms with Crippen molar-refractivity contribution in [3.63, 3.8) is 0 Å². The normalized spacial score (nSPS) is 22.5. The van der Waals surface area contributed by atoms with Gasteiger partial charge in [0.05, 0.1) is 23.9 Å². The molecule has 1 amide bonds. The molecule has 2 aromatic rings. The highest BCUT2D eigenvalue weighted by Crippen LogP contribution is 2.44. The molecule has 2 aliphatic rings. The second-order valence-electron chi connectivity index (χ2n) is 9.32. The highest BCUT2D eigenvalue weighted by Gasteiger charge is 2.45. The molecule has 6 heteroatoms. The SMILES string of the molecule is CCO[C@H]1C[C@H](c2ccccc2)OC2(CCN(C(=O)c3ccc(OC(C)C)c(F)c3)CC2)C1. The summed E-state index contributed by atoms with van der Waals surface area (Å²) in [6.45, 7) is 7.53. The minimum absolute atomic E-state index is 0.0126. The molecule has 33 heavy (non-hydrogen) atoms. The number of ether oxygens (including phenoxy) is 3. The summed E-state index contributed by atoms with van der Waals surface area (Å²) in [7, 11) is 0. The zero-order valence-corrected chi connectivity index (χ0v) is 19.8. The second-order valence-corrected chi connectivity index (χ2v) is 9.32. The summed E-state index contributed by atoms with van der Waals surface area (Å²) in [5.74, 6) is -0.496. The van der Waals surface area contributed by atoms with Gasteiger partial charge in [-0.05, 0) is 57.4 Å². The Balaban J connectivity index is 1.44.